The van der Waals surface area contributed by atoms with Gasteiger partial charge in [0.25, 0.3) is 0 Å². The van der Waals surface area contributed by atoms with Crippen molar-refractivity contribution in [2.75, 3.05) is 0 Å². The van der Waals surface area contributed by atoms with Crippen molar-refractivity contribution in [3.63, 3.8) is 0 Å². The summed E-state index contributed by atoms with van der Waals surface area (Å²) in [6.45, 7) is 2.62. The number of aryl methyl sites for hydroxylation is 1. The van der Waals surface area contributed by atoms with Gasteiger partial charge in [0.2, 0.25) is 0 Å². The van der Waals surface area contributed by atoms with E-state index in [2.05, 4.69) is 60.4 Å². The number of benzene rings is 4. The highest BCUT2D eigenvalue weighted by Gasteiger charge is 2.06. The van der Waals surface area contributed by atoms with E-state index in [1.54, 1.807) is 0 Å². The molecule has 0 aliphatic carbocycles. The van der Waals surface area contributed by atoms with Gasteiger partial charge in [0.1, 0.15) is 12.4 Å². The molecule has 0 aliphatic rings. The van der Waals surface area contributed by atoms with Gasteiger partial charge in [-0.05, 0) is 58.7 Å². The van der Waals surface area contributed by atoms with Crippen LogP contribution in [0.2, 0.25) is 5.02 Å². The lowest BCUT2D eigenvalue weighted by molar-refractivity contribution is 0.307. The van der Waals surface area contributed by atoms with E-state index in [9.17, 15) is 0 Å². The molecule has 0 amide bonds. The van der Waals surface area contributed by atoms with Gasteiger partial charge in [-0.25, -0.2) is 0 Å². The van der Waals surface area contributed by atoms with Crippen molar-refractivity contribution in [1.82, 2.24) is 0 Å². The van der Waals surface area contributed by atoms with Crippen LogP contribution < -0.4 is 4.74 Å². The van der Waals surface area contributed by atoms with Crippen LogP contribution in [0.1, 0.15) is 23.6 Å². The molecule has 0 atom stereocenters. The van der Waals surface area contributed by atoms with Crippen LogP contribution in [0, 0.1) is 0 Å². The molecule has 0 unspecified atom stereocenters. The Kier molecular flexibility index (Phi) is 5.92. The second-order valence-corrected chi connectivity index (χ2v) is 7.32. The zero-order valence-corrected chi connectivity index (χ0v) is 17.1. The van der Waals surface area contributed by atoms with E-state index < -0.39 is 0 Å². The van der Waals surface area contributed by atoms with E-state index >= 15 is 0 Å². The normalized spacial score (nSPS) is 11.2. The van der Waals surface area contributed by atoms with E-state index in [4.69, 9.17) is 16.3 Å². The van der Waals surface area contributed by atoms with Crippen molar-refractivity contribution in [2.24, 2.45) is 4.99 Å². The standard InChI is InChI=1S/C26H22ClNO/c1-2-19-10-13-24(14-11-19)28-17-22-16-23(27)12-15-26(22)29-18-21-8-5-7-20-6-3-4-9-25(20)21/h3-17H,2,18H2,1H3. The lowest BCUT2D eigenvalue weighted by atomic mass is 10.1. The van der Waals surface area contributed by atoms with E-state index in [-0.39, 0.29) is 0 Å². The van der Waals surface area contributed by atoms with E-state index in [1.807, 2.05) is 42.6 Å². The minimum atomic E-state index is 0.481. The number of ether oxygens (including phenoxy) is 1. The van der Waals surface area contributed by atoms with Crippen LogP contribution in [0.15, 0.2) is 89.9 Å². The first kappa shape index (κ1) is 19.2. The fraction of sp³-hybridized carbons (Fsp3) is 0.115. The highest BCUT2D eigenvalue weighted by Crippen LogP contribution is 2.25. The Hall–Kier alpha value is -3.10. The molecular formula is C26H22ClNO. The lowest BCUT2D eigenvalue weighted by Gasteiger charge is -2.11. The highest BCUT2D eigenvalue weighted by molar-refractivity contribution is 6.30. The molecule has 0 spiro atoms. The number of hydrogen-bond donors (Lipinski definition) is 0. The zero-order chi connectivity index (χ0) is 20.1. The largest absolute Gasteiger partial charge is 0.488 e. The molecule has 0 radical (unpaired) electrons. The average Bonchev–Trinajstić information content (AvgIpc) is 2.77. The molecule has 4 aromatic carbocycles. The van der Waals surface area contributed by atoms with Crippen molar-refractivity contribution < 1.29 is 4.74 Å². The molecule has 0 bridgehead atoms. The van der Waals surface area contributed by atoms with Crippen LogP contribution in [0.5, 0.6) is 5.75 Å². The van der Waals surface area contributed by atoms with E-state index in [1.165, 1.54) is 16.3 Å². The summed E-state index contributed by atoms with van der Waals surface area (Å²) in [6.07, 6.45) is 2.83. The molecule has 0 aliphatic heterocycles. The molecule has 0 fully saturated rings. The van der Waals surface area contributed by atoms with Gasteiger partial charge in [-0.15, -0.1) is 0 Å². The molecule has 4 rings (SSSR count). The van der Waals surface area contributed by atoms with Crippen molar-refractivity contribution in [3.8, 4) is 5.75 Å². The summed E-state index contributed by atoms with van der Waals surface area (Å²) in [4.78, 5) is 4.59. The quantitative estimate of drug-likeness (QED) is 0.310. The number of hydrogen-bond acceptors (Lipinski definition) is 2. The van der Waals surface area contributed by atoms with Gasteiger partial charge >= 0.3 is 0 Å². The predicted molar refractivity (Wildman–Crippen MR) is 123 cm³/mol. The molecule has 0 N–H and O–H groups in total. The summed E-state index contributed by atoms with van der Waals surface area (Å²) in [5.74, 6) is 0.760. The summed E-state index contributed by atoms with van der Waals surface area (Å²) in [7, 11) is 0. The van der Waals surface area contributed by atoms with Gasteiger partial charge in [-0.3, -0.25) is 4.99 Å². The van der Waals surface area contributed by atoms with Gasteiger partial charge in [0, 0.05) is 16.8 Å². The maximum absolute atomic E-state index is 6.22. The summed E-state index contributed by atoms with van der Waals surface area (Å²) < 4.78 is 6.16. The topological polar surface area (TPSA) is 21.6 Å². The monoisotopic (exact) mass is 399 g/mol. The molecule has 3 heteroatoms. The van der Waals surface area contributed by atoms with Crippen LogP contribution >= 0.6 is 11.6 Å². The summed E-state index contributed by atoms with van der Waals surface area (Å²) in [5.41, 5.74) is 4.21. The Balaban J connectivity index is 1.57. The van der Waals surface area contributed by atoms with Gasteiger partial charge in [-0.1, -0.05) is 73.1 Å². The Morgan fingerprint density at radius 1 is 0.897 bits per heavy atom. The molecular weight excluding hydrogens is 378 g/mol. The highest BCUT2D eigenvalue weighted by atomic mass is 35.5. The zero-order valence-electron chi connectivity index (χ0n) is 16.3. The number of rotatable bonds is 6. The molecule has 0 heterocycles. The molecule has 29 heavy (non-hydrogen) atoms. The summed E-state index contributed by atoms with van der Waals surface area (Å²) in [6, 6.07) is 28.5. The number of halogens is 1. The molecule has 0 saturated heterocycles. The van der Waals surface area contributed by atoms with Gasteiger partial charge in [-0.2, -0.15) is 0 Å². The Morgan fingerprint density at radius 3 is 2.52 bits per heavy atom. The number of nitrogens with zero attached hydrogens (tertiary/aromatic N) is 1. The van der Waals surface area contributed by atoms with Crippen molar-refractivity contribution in [1.29, 1.82) is 0 Å². The first-order valence-electron chi connectivity index (χ1n) is 9.75. The minimum absolute atomic E-state index is 0.481. The number of fused-ring (bicyclic) bond motifs is 1. The Labute approximate surface area is 176 Å². The van der Waals surface area contributed by atoms with Gasteiger partial charge in [0.15, 0.2) is 0 Å². The molecule has 144 valence electrons. The van der Waals surface area contributed by atoms with Gasteiger partial charge < -0.3 is 4.74 Å². The first-order chi connectivity index (χ1) is 14.2. The van der Waals surface area contributed by atoms with Crippen LogP contribution in [-0.2, 0) is 13.0 Å². The van der Waals surface area contributed by atoms with E-state index in [0.29, 0.717) is 11.6 Å². The van der Waals surface area contributed by atoms with Crippen LogP contribution in [0.25, 0.3) is 10.8 Å². The second-order valence-electron chi connectivity index (χ2n) is 6.89. The summed E-state index contributed by atoms with van der Waals surface area (Å²) in [5, 5.41) is 3.07. The smallest absolute Gasteiger partial charge is 0.128 e. The first-order valence-corrected chi connectivity index (χ1v) is 10.1. The SMILES string of the molecule is CCc1ccc(N=Cc2cc(Cl)ccc2OCc2cccc3ccccc23)cc1. The Bertz CT molecular complexity index is 1140. The predicted octanol–water partition coefficient (Wildman–Crippen LogP) is 7.39. The maximum Gasteiger partial charge on any atom is 0.128 e. The molecule has 0 saturated carbocycles. The average molecular weight is 400 g/mol. The fourth-order valence-electron chi connectivity index (χ4n) is 3.29. The van der Waals surface area contributed by atoms with Crippen molar-refractivity contribution >= 4 is 34.3 Å². The van der Waals surface area contributed by atoms with Crippen LogP contribution in [0.3, 0.4) is 0 Å². The minimum Gasteiger partial charge on any atom is -0.488 e. The molecule has 4 aromatic rings. The third kappa shape index (κ3) is 4.67. The molecule has 0 aromatic heterocycles. The third-order valence-electron chi connectivity index (χ3n) is 4.93. The number of aliphatic imine (C=N–C) groups is 1. The van der Waals surface area contributed by atoms with Crippen LogP contribution in [-0.4, -0.2) is 6.21 Å². The lowest BCUT2D eigenvalue weighted by Crippen LogP contribution is -1.99. The fourth-order valence-corrected chi connectivity index (χ4v) is 3.47. The summed E-state index contributed by atoms with van der Waals surface area (Å²) >= 11 is 6.22. The molecule has 2 nitrogen and oxygen atoms in total. The maximum atomic E-state index is 6.22. The van der Waals surface area contributed by atoms with Crippen molar-refractivity contribution in [2.45, 2.75) is 20.0 Å². The van der Waals surface area contributed by atoms with Crippen LogP contribution in [0.4, 0.5) is 5.69 Å². The third-order valence-corrected chi connectivity index (χ3v) is 5.17. The van der Waals surface area contributed by atoms with Crippen molar-refractivity contribution in [3.05, 3.63) is 107 Å². The van der Waals surface area contributed by atoms with E-state index in [0.717, 1.165) is 29.0 Å². The Morgan fingerprint density at radius 2 is 1.69 bits per heavy atom. The van der Waals surface area contributed by atoms with Gasteiger partial charge in [0.05, 0.1) is 5.69 Å². The second kappa shape index (κ2) is 8.93.